The van der Waals surface area contributed by atoms with Crippen molar-refractivity contribution in [2.24, 2.45) is 4.99 Å². The van der Waals surface area contributed by atoms with Crippen molar-refractivity contribution >= 4 is 5.96 Å². The second-order valence-corrected chi connectivity index (χ2v) is 7.98. The number of hydrogen-bond donors (Lipinski definition) is 2. The van der Waals surface area contributed by atoms with E-state index < -0.39 is 0 Å². The summed E-state index contributed by atoms with van der Waals surface area (Å²) in [6.07, 6.45) is 3.01. The van der Waals surface area contributed by atoms with Gasteiger partial charge in [0.15, 0.2) is 11.8 Å². The molecule has 1 atom stereocenters. The number of nitrogens with zero attached hydrogens (tertiary/aromatic N) is 5. The van der Waals surface area contributed by atoms with Gasteiger partial charge < -0.3 is 15.4 Å². The Morgan fingerprint density at radius 3 is 2.71 bits per heavy atom. The largest absolute Gasteiger partial charge is 0.377 e. The van der Waals surface area contributed by atoms with Crippen LogP contribution in [-0.4, -0.2) is 70.5 Å². The van der Waals surface area contributed by atoms with E-state index in [1.807, 2.05) is 4.68 Å². The highest BCUT2D eigenvalue weighted by Crippen LogP contribution is 2.13. The summed E-state index contributed by atoms with van der Waals surface area (Å²) in [7, 11) is 1.67. The number of aryl methyl sites for hydroxylation is 1. The summed E-state index contributed by atoms with van der Waals surface area (Å²) in [5, 5.41) is 11.5. The number of methoxy groups -OCH3 is 1. The Bertz CT molecular complexity index is 604. The molecule has 1 aromatic heterocycles. The number of rotatable bonds is 10. The summed E-state index contributed by atoms with van der Waals surface area (Å²) < 4.78 is 7.15. The number of aromatic nitrogens is 3. The van der Waals surface area contributed by atoms with Gasteiger partial charge in [0, 0.05) is 51.3 Å². The molecule has 1 aromatic rings. The van der Waals surface area contributed by atoms with Crippen LogP contribution < -0.4 is 10.6 Å². The fourth-order valence-corrected chi connectivity index (χ4v) is 3.74. The van der Waals surface area contributed by atoms with Crippen LogP contribution >= 0.6 is 0 Å². The van der Waals surface area contributed by atoms with Gasteiger partial charge in [0.05, 0.1) is 6.54 Å². The Hall–Kier alpha value is -1.67. The van der Waals surface area contributed by atoms with Crippen molar-refractivity contribution in [3.05, 3.63) is 11.6 Å². The molecule has 0 bridgehead atoms. The van der Waals surface area contributed by atoms with E-state index in [0.717, 1.165) is 63.0 Å². The third kappa shape index (κ3) is 6.74. The van der Waals surface area contributed by atoms with E-state index in [4.69, 9.17) is 9.73 Å². The fourth-order valence-electron chi connectivity index (χ4n) is 3.74. The second kappa shape index (κ2) is 11.4. The quantitative estimate of drug-likeness (QED) is 0.358. The molecule has 0 saturated heterocycles. The Morgan fingerprint density at radius 1 is 1.32 bits per heavy atom. The standard InChI is InChI=1S/C20H39N7O/c1-7-21-20(22-11-8-12-26(15(2)3)16(4)5)23-17-9-10-19-24-18(14-28-6)25-27(19)13-17/h15-17H,7-14H2,1-6H3,(H2,21,22,23). The van der Waals surface area contributed by atoms with Gasteiger partial charge in [-0.3, -0.25) is 9.89 Å². The maximum Gasteiger partial charge on any atom is 0.191 e. The Labute approximate surface area is 170 Å². The minimum atomic E-state index is 0.310. The van der Waals surface area contributed by atoms with Gasteiger partial charge in [-0.15, -0.1) is 0 Å². The van der Waals surface area contributed by atoms with Crippen molar-refractivity contribution in [1.29, 1.82) is 0 Å². The number of nitrogens with one attached hydrogen (secondary N) is 2. The van der Waals surface area contributed by atoms with Crippen LogP contribution in [0.1, 0.15) is 59.1 Å². The predicted octanol–water partition coefficient (Wildman–Crippen LogP) is 1.80. The molecule has 0 saturated carbocycles. The molecule has 8 nitrogen and oxygen atoms in total. The molecule has 0 aliphatic carbocycles. The number of fused-ring (bicyclic) bond motifs is 1. The van der Waals surface area contributed by atoms with Crippen molar-refractivity contribution in [3.8, 4) is 0 Å². The fraction of sp³-hybridized carbons (Fsp3) is 0.850. The number of hydrogen-bond acceptors (Lipinski definition) is 5. The Balaban J connectivity index is 1.87. The van der Waals surface area contributed by atoms with E-state index in [1.165, 1.54) is 0 Å². The lowest BCUT2D eigenvalue weighted by Gasteiger charge is -2.30. The summed E-state index contributed by atoms with van der Waals surface area (Å²) in [5.41, 5.74) is 0. The maximum absolute atomic E-state index is 5.14. The van der Waals surface area contributed by atoms with E-state index in [9.17, 15) is 0 Å². The maximum atomic E-state index is 5.14. The molecule has 2 N–H and O–H groups in total. The van der Waals surface area contributed by atoms with Gasteiger partial charge in [0.25, 0.3) is 0 Å². The van der Waals surface area contributed by atoms with Gasteiger partial charge in [-0.1, -0.05) is 0 Å². The molecule has 0 fully saturated rings. The van der Waals surface area contributed by atoms with Crippen molar-refractivity contribution in [2.75, 3.05) is 26.7 Å². The van der Waals surface area contributed by atoms with Crippen LogP contribution in [-0.2, 0) is 24.3 Å². The lowest BCUT2D eigenvalue weighted by atomic mass is 10.1. The summed E-state index contributed by atoms with van der Waals surface area (Å²) in [5.74, 6) is 2.71. The second-order valence-electron chi connectivity index (χ2n) is 7.98. The zero-order valence-corrected chi connectivity index (χ0v) is 18.5. The van der Waals surface area contributed by atoms with Crippen molar-refractivity contribution in [1.82, 2.24) is 30.3 Å². The lowest BCUT2D eigenvalue weighted by molar-refractivity contribution is 0.174. The van der Waals surface area contributed by atoms with Crippen molar-refractivity contribution in [2.45, 2.75) is 85.2 Å². The third-order valence-electron chi connectivity index (χ3n) is 5.03. The molecule has 8 heteroatoms. The minimum Gasteiger partial charge on any atom is -0.377 e. The SMILES string of the molecule is CCNC(=NCCCN(C(C)C)C(C)C)NC1CCc2nc(COC)nn2C1. The van der Waals surface area contributed by atoms with Gasteiger partial charge in [0.2, 0.25) is 0 Å². The Morgan fingerprint density at radius 2 is 2.07 bits per heavy atom. The number of aliphatic imine (C=N–C) groups is 1. The van der Waals surface area contributed by atoms with Gasteiger partial charge in [-0.25, -0.2) is 9.67 Å². The first-order chi connectivity index (χ1) is 13.4. The molecular formula is C20H39N7O. The van der Waals surface area contributed by atoms with Crippen LogP contribution in [0.3, 0.4) is 0 Å². The van der Waals surface area contributed by atoms with Crippen LogP contribution in [0.4, 0.5) is 0 Å². The first-order valence-electron chi connectivity index (χ1n) is 10.7. The van der Waals surface area contributed by atoms with E-state index in [2.05, 4.69) is 60.2 Å². The normalized spacial score (nSPS) is 17.5. The van der Waals surface area contributed by atoms with Crippen LogP contribution in [0.2, 0.25) is 0 Å². The van der Waals surface area contributed by atoms with Crippen LogP contribution in [0.5, 0.6) is 0 Å². The van der Waals surface area contributed by atoms with Crippen LogP contribution in [0.25, 0.3) is 0 Å². The zero-order chi connectivity index (χ0) is 20.5. The summed E-state index contributed by atoms with van der Waals surface area (Å²) in [6, 6.07) is 1.44. The van der Waals surface area contributed by atoms with Gasteiger partial charge in [0.1, 0.15) is 12.4 Å². The van der Waals surface area contributed by atoms with E-state index in [1.54, 1.807) is 7.11 Å². The summed E-state index contributed by atoms with van der Waals surface area (Å²) in [4.78, 5) is 11.9. The molecule has 1 unspecified atom stereocenters. The van der Waals surface area contributed by atoms with Crippen LogP contribution in [0.15, 0.2) is 4.99 Å². The predicted molar refractivity (Wildman–Crippen MR) is 114 cm³/mol. The molecule has 160 valence electrons. The lowest BCUT2D eigenvalue weighted by Crippen LogP contribution is -2.47. The first kappa shape index (κ1) is 22.6. The van der Waals surface area contributed by atoms with Crippen molar-refractivity contribution < 1.29 is 4.74 Å². The van der Waals surface area contributed by atoms with Gasteiger partial charge in [-0.05, 0) is 47.5 Å². The average Bonchev–Trinajstić information content (AvgIpc) is 3.03. The van der Waals surface area contributed by atoms with E-state index in [-0.39, 0.29) is 0 Å². The molecule has 0 amide bonds. The first-order valence-corrected chi connectivity index (χ1v) is 10.7. The smallest absolute Gasteiger partial charge is 0.191 e. The zero-order valence-electron chi connectivity index (χ0n) is 18.5. The minimum absolute atomic E-state index is 0.310. The average molecular weight is 394 g/mol. The topological polar surface area (TPSA) is 79.6 Å². The molecule has 0 spiro atoms. The highest BCUT2D eigenvalue weighted by Gasteiger charge is 2.22. The molecule has 2 heterocycles. The number of guanidine groups is 1. The third-order valence-corrected chi connectivity index (χ3v) is 5.03. The highest BCUT2D eigenvalue weighted by atomic mass is 16.5. The summed E-state index contributed by atoms with van der Waals surface area (Å²) >= 11 is 0. The Kier molecular flexibility index (Phi) is 9.18. The molecule has 0 aromatic carbocycles. The number of ether oxygens (including phenoxy) is 1. The van der Waals surface area contributed by atoms with Gasteiger partial charge in [-0.2, -0.15) is 5.10 Å². The monoisotopic (exact) mass is 393 g/mol. The molecule has 1 aliphatic heterocycles. The molecule has 28 heavy (non-hydrogen) atoms. The molecule has 2 rings (SSSR count). The highest BCUT2D eigenvalue weighted by molar-refractivity contribution is 5.80. The summed E-state index contributed by atoms with van der Waals surface area (Å²) in [6.45, 7) is 15.2. The molecule has 1 aliphatic rings. The van der Waals surface area contributed by atoms with Crippen LogP contribution in [0, 0.1) is 0 Å². The molecular weight excluding hydrogens is 354 g/mol. The van der Waals surface area contributed by atoms with E-state index >= 15 is 0 Å². The molecule has 0 radical (unpaired) electrons. The van der Waals surface area contributed by atoms with E-state index in [0.29, 0.717) is 24.7 Å². The van der Waals surface area contributed by atoms with Gasteiger partial charge >= 0.3 is 0 Å². The van der Waals surface area contributed by atoms with Crippen molar-refractivity contribution in [3.63, 3.8) is 0 Å².